The number of aryl methyl sites for hydroxylation is 1. The lowest BCUT2D eigenvalue weighted by atomic mass is 10.1. The molecule has 1 aliphatic heterocycles. The fourth-order valence-electron chi connectivity index (χ4n) is 3.63. The summed E-state index contributed by atoms with van der Waals surface area (Å²) < 4.78 is 16.2. The molecule has 1 atom stereocenters. The lowest BCUT2D eigenvalue weighted by molar-refractivity contribution is 0.0929. The summed E-state index contributed by atoms with van der Waals surface area (Å²) in [5, 5.41) is 8.25. The van der Waals surface area contributed by atoms with Crippen LogP contribution < -0.4 is 11.0 Å². The molecule has 1 N–H and O–H groups in total. The molecule has 0 aliphatic carbocycles. The first-order chi connectivity index (χ1) is 14.5. The molecule has 0 radical (unpaired) electrons. The van der Waals surface area contributed by atoms with Crippen molar-refractivity contribution in [1.82, 2.24) is 24.6 Å². The van der Waals surface area contributed by atoms with Gasteiger partial charge in [0.05, 0.1) is 12.1 Å². The number of rotatable bonds is 5. The van der Waals surface area contributed by atoms with Crippen LogP contribution in [0.2, 0.25) is 0 Å². The Labute approximate surface area is 177 Å². The second kappa shape index (κ2) is 8.83. The molecule has 0 saturated heterocycles. The summed E-state index contributed by atoms with van der Waals surface area (Å²) in [7, 11) is 0. The number of nitrogens with one attached hydrogen (secondary N) is 1. The number of nitrogens with zero attached hydrogens (tertiary/aromatic N) is 4. The Balaban J connectivity index is 1.43. The summed E-state index contributed by atoms with van der Waals surface area (Å²) >= 11 is 1.44. The fourth-order valence-corrected chi connectivity index (χ4v) is 4.17. The first-order valence-corrected chi connectivity index (χ1v) is 11.0. The van der Waals surface area contributed by atoms with Crippen molar-refractivity contribution in [2.24, 2.45) is 0 Å². The van der Waals surface area contributed by atoms with Gasteiger partial charge in [0.1, 0.15) is 16.7 Å². The van der Waals surface area contributed by atoms with E-state index >= 15 is 0 Å². The number of carbonyl (C=O) groups excluding carboxylic acids is 1. The van der Waals surface area contributed by atoms with Gasteiger partial charge in [0.2, 0.25) is 0 Å². The van der Waals surface area contributed by atoms with Crippen molar-refractivity contribution in [3.05, 3.63) is 75.8 Å². The molecule has 3 aromatic rings. The second-order valence-corrected chi connectivity index (χ2v) is 7.99. The minimum absolute atomic E-state index is 0.0425. The third-order valence-corrected chi connectivity index (χ3v) is 5.92. The zero-order valence-electron chi connectivity index (χ0n) is 16.5. The van der Waals surface area contributed by atoms with Crippen LogP contribution in [0.15, 0.2) is 52.4 Å². The van der Waals surface area contributed by atoms with Crippen molar-refractivity contribution in [2.45, 2.75) is 43.4 Å². The normalized spacial score (nSPS) is 16.0. The molecule has 30 heavy (non-hydrogen) atoms. The Kier molecular flexibility index (Phi) is 5.98. The van der Waals surface area contributed by atoms with Gasteiger partial charge in [-0.15, -0.1) is 11.8 Å². The van der Waals surface area contributed by atoms with Crippen LogP contribution in [0.5, 0.6) is 0 Å². The summed E-state index contributed by atoms with van der Waals surface area (Å²) in [6, 6.07) is 9.53. The van der Waals surface area contributed by atoms with E-state index in [1.165, 1.54) is 28.6 Å². The maximum Gasteiger partial charge on any atom is 0.346 e. The minimum Gasteiger partial charge on any atom is -0.349 e. The Bertz CT molecular complexity index is 1110. The summed E-state index contributed by atoms with van der Waals surface area (Å²) in [5.41, 5.74) is 1.20. The number of pyridine rings is 1. The summed E-state index contributed by atoms with van der Waals surface area (Å²) in [4.78, 5) is 29.7. The molecular formula is C21H22FN5O2S. The van der Waals surface area contributed by atoms with E-state index in [1.54, 1.807) is 35.0 Å². The standard InChI is InChI=1S/C21H22FN5O2S/c1-30-20-17(3-2-11-23-20)19(28)24-16-8-9-18-25-27(21(29)26(18)12-10-16)13-14-4-6-15(22)7-5-14/h2-7,11,16H,8-10,12-13H2,1H3,(H,24,28). The number of thioether (sulfide) groups is 1. The highest BCUT2D eigenvalue weighted by atomic mass is 32.2. The number of halogens is 1. The molecule has 7 nitrogen and oxygen atoms in total. The minimum atomic E-state index is -0.309. The molecule has 1 amide bonds. The van der Waals surface area contributed by atoms with E-state index in [4.69, 9.17) is 0 Å². The molecule has 0 spiro atoms. The highest BCUT2D eigenvalue weighted by molar-refractivity contribution is 7.98. The Morgan fingerprint density at radius 3 is 2.83 bits per heavy atom. The molecule has 3 heterocycles. The van der Waals surface area contributed by atoms with Crippen LogP contribution in [0.1, 0.15) is 34.6 Å². The van der Waals surface area contributed by atoms with E-state index in [0.29, 0.717) is 48.8 Å². The maximum atomic E-state index is 13.1. The summed E-state index contributed by atoms with van der Waals surface area (Å²) in [5.74, 6) is 0.256. The van der Waals surface area contributed by atoms with Gasteiger partial charge in [-0.3, -0.25) is 9.36 Å². The molecular weight excluding hydrogens is 405 g/mol. The quantitative estimate of drug-likeness (QED) is 0.633. The van der Waals surface area contributed by atoms with Gasteiger partial charge in [-0.2, -0.15) is 5.10 Å². The highest BCUT2D eigenvalue weighted by Gasteiger charge is 2.23. The van der Waals surface area contributed by atoms with Gasteiger partial charge in [0.25, 0.3) is 5.91 Å². The first-order valence-electron chi connectivity index (χ1n) is 9.76. The summed E-state index contributed by atoms with van der Waals surface area (Å²) in [6.45, 7) is 0.794. The van der Waals surface area contributed by atoms with Gasteiger partial charge in [-0.25, -0.2) is 18.9 Å². The van der Waals surface area contributed by atoms with E-state index in [1.807, 2.05) is 6.26 Å². The third-order valence-electron chi connectivity index (χ3n) is 5.21. The van der Waals surface area contributed by atoms with Gasteiger partial charge < -0.3 is 5.32 Å². The molecule has 0 saturated carbocycles. The van der Waals surface area contributed by atoms with E-state index in [0.717, 1.165) is 5.56 Å². The van der Waals surface area contributed by atoms with Crippen LogP contribution >= 0.6 is 11.8 Å². The van der Waals surface area contributed by atoms with Gasteiger partial charge in [0, 0.05) is 25.2 Å². The molecule has 2 aromatic heterocycles. The molecule has 1 aromatic carbocycles. The van der Waals surface area contributed by atoms with Gasteiger partial charge >= 0.3 is 5.69 Å². The van der Waals surface area contributed by atoms with Crippen molar-refractivity contribution in [3.8, 4) is 0 Å². The molecule has 156 valence electrons. The number of fused-ring (bicyclic) bond motifs is 1. The number of hydrogen-bond acceptors (Lipinski definition) is 5. The number of carbonyl (C=O) groups is 1. The predicted octanol–water partition coefficient (Wildman–Crippen LogP) is 2.48. The fraction of sp³-hybridized carbons (Fsp3) is 0.333. The van der Waals surface area contributed by atoms with Crippen molar-refractivity contribution in [3.63, 3.8) is 0 Å². The zero-order valence-corrected chi connectivity index (χ0v) is 17.4. The molecule has 0 bridgehead atoms. The molecule has 4 rings (SSSR count). The number of hydrogen-bond donors (Lipinski definition) is 1. The number of aromatic nitrogens is 4. The van der Waals surface area contributed by atoms with Crippen LogP contribution in [-0.2, 0) is 19.5 Å². The van der Waals surface area contributed by atoms with Gasteiger partial charge in [0.15, 0.2) is 0 Å². The van der Waals surface area contributed by atoms with Crippen molar-refractivity contribution >= 4 is 17.7 Å². The van der Waals surface area contributed by atoms with E-state index in [2.05, 4.69) is 15.4 Å². The molecule has 1 aliphatic rings. The van der Waals surface area contributed by atoms with Crippen LogP contribution in [-0.4, -0.2) is 37.5 Å². The zero-order chi connectivity index (χ0) is 21.1. The smallest absolute Gasteiger partial charge is 0.346 e. The van der Waals surface area contributed by atoms with E-state index in [-0.39, 0.29) is 23.5 Å². The van der Waals surface area contributed by atoms with E-state index in [9.17, 15) is 14.0 Å². The maximum absolute atomic E-state index is 13.1. The first kappa shape index (κ1) is 20.3. The predicted molar refractivity (Wildman–Crippen MR) is 112 cm³/mol. The van der Waals surface area contributed by atoms with Crippen LogP contribution in [0.3, 0.4) is 0 Å². The van der Waals surface area contributed by atoms with Gasteiger partial charge in [-0.05, 0) is 48.9 Å². The monoisotopic (exact) mass is 427 g/mol. The van der Waals surface area contributed by atoms with E-state index < -0.39 is 0 Å². The average Bonchev–Trinajstić information content (AvgIpc) is 2.92. The van der Waals surface area contributed by atoms with Crippen LogP contribution in [0.25, 0.3) is 0 Å². The summed E-state index contributed by atoms with van der Waals surface area (Å²) in [6.07, 6.45) is 5.51. The molecule has 0 fully saturated rings. The van der Waals surface area contributed by atoms with Crippen molar-refractivity contribution in [1.29, 1.82) is 0 Å². The number of amides is 1. The second-order valence-electron chi connectivity index (χ2n) is 7.19. The van der Waals surface area contributed by atoms with Gasteiger partial charge in [-0.1, -0.05) is 12.1 Å². The largest absolute Gasteiger partial charge is 0.349 e. The number of benzene rings is 1. The van der Waals surface area contributed by atoms with Crippen LogP contribution in [0.4, 0.5) is 4.39 Å². The van der Waals surface area contributed by atoms with Crippen molar-refractivity contribution < 1.29 is 9.18 Å². The Morgan fingerprint density at radius 2 is 2.07 bits per heavy atom. The molecule has 9 heteroatoms. The lowest BCUT2D eigenvalue weighted by Crippen LogP contribution is -2.36. The Morgan fingerprint density at radius 1 is 1.27 bits per heavy atom. The Hall–Kier alpha value is -2.94. The lowest BCUT2D eigenvalue weighted by Gasteiger charge is -2.16. The molecule has 1 unspecified atom stereocenters. The topological polar surface area (TPSA) is 81.8 Å². The SMILES string of the molecule is CSc1ncccc1C(=O)NC1CCc2nn(Cc3ccc(F)cc3)c(=O)n2CC1. The third kappa shape index (κ3) is 4.30. The van der Waals surface area contributed by atoms with Crippen molar-refractivity contribution in [2.75, 3.05) is 6.26 Å². The van der Waals surface area contributed by atoms with Crippen LogP contribution in [0, 0.1) is 5.82 Å². The average molecular weight is 428 g/mol. The highest BCUT2D eigenvalue weighted by Crippen LogP contribution is 2.18.